The van der Waals surface area contributed by atoms with Gasteiger partial charge in [0.2, 0.25) is 5.91 Å². The van der Waals surface area contributed by atoms with Gasteiger partial charge in [0.05, 0.1) is 13.2 Å². The van der Waals surface area contributed by atoms with E-state index in [1.807, 2.05) is 67.7 Å². The number of ether oxygens (including phenoxy) is 2. The van der Waals surface area contributed by atoms with E-state index in [1.54, 1.807) is 12.1 Å². The number of carboxylic acid groups (broad SMARTS) is 2. The van der Waals surface area contributed by atoms with E-state index in [2.05, 4.69) is 41.6 Å². The lowest BCUT2D eigenvalue weighted by Gasteiger charge is -2.47. The smallest absolute Gasteiger partial charge is 0.329 e. The van der Waals surface area contributed by atoms with Crippen molar-refractivity contribution >= 4 is 35.1 Å². The second-order valence-corrected chi connectivity index (χ2v) is 18.6. The highest BCUT2D eigenvalue weighted by Gasteiger charge is 2.54. The maximum Gasteiger partial charge on any atom is 0.329 e. The lowest BCUT2D eigenvalue weighted by molar-refractivity contribution is -0.144. The molecule has 0 aliphatic heterocycles. The zero-order valence-corrected chi connectivity index (χ0v) is 36.4. The third-order valence-electron chi connectivity index (χ3n) is 13.5. The van der Waals surface area contributed by atoms with E-state index in [9.17, 15) is 24.6 Å². The number of nitrogens with zero attached hydrogens (tertiary/aromatic N) is 1. The summed E-state index contributed by atoms with van der Waals surface area (Å²) in [5.41, 5.74) is 5.19. The largest absolute Gasteiger partial charge is 0.493 e. The van der Waals surface area contributed by atoms with Gasteiger partial charge in [-0.15, -0.1) is 0 Å². The monoisotopic (exact) mass is 849 g/mol. The SMILES string of the molecule is CC(COc1ccc2c(c1)C1(CCC(Nc3cccc(Cl)c3)(C(=O)O)CC1)[C@@H](C[C@@H](C)COc1ccnc3c1[C@H](C)CCC3)C2)CC(=O)N[C@H](CCc1ccccc1)C(=O)O. The fourth-order valence-electron chi connectivity index (χ4n) is 10.2. The van der Waals surface area contributed by atoms with Crippen LogP contribution in [0.2, 0.25) is 5.02 Å². The molecule has 1 unspecified atom stereocenters. The average Bonchev–Trinajstić information content (AvgIpc) is 3.52. The molecule has 0 bridgehead atoms. The van der Waals surface area contributed by atoms with Crippen molar-refractivity contribution in [1.29, 1.82) is 0 Å². The van der Waals surface area contributed by atoms with Gasteiger partial charge in [-0.3, -0.25) is 9.78 Å². The molecular formula is C50H60ClN3O7. The summed E-state index contributed by atoms with van der Waals surface area (Å²) in [5, 5.41) is 27.2. The van der Waals surface area contributed by atoms with Gasteiger partial charge in [-0.25, -0.2) is 9.59 Å². The summed E-state index contributed by atoms with van der Waals surface area (Å²) in [6.45, 7) is 7.31. The van der Waals surface area contributed by atoms with E-state index in [-0.39, 0.29) is 42.1 Å². The second kappa shape index (κ2) is 19.3. The van der Waals surface area contributed by atoms with Crippen LogP contribution in [-0.4, -0.2) is 57.8 Å². The molecule has 3 aliphatic carbocycles. The number of aliphatic carboxylic acids is 2. The Hall–Kier alpha value is -5.09. The van der Waals surface area contributed by atoms with Gasteiger partial charge in [-0.05, 0) is 153 Å². The Morgan fingerprint density at radius 2 is 1.69 bits per heavy atom. The highest BCUT2D eigenvalue weighted by atomic mass is 35.5. The van der Waals surface area contributed by atoms with Crippen molar-refractivity contribution in [2.45, 2.75) is 121 Å². The Morgan fingerprint density at radius 1 is 0.918 bits per heavy atom. The lowest BCUT2D eigenvalue weighted by atomic mass is 9.59. The molecule has 4 aromatic rings. The van der Waals surface area contributed by atoms with Crippen molar-refractivity contribution in [2.24, 2.45) is 17.8 Å². The Balaban J connectivity index is 1.04. The predicted molar refractivity (Wildman–Crippen MR) is 238 cm³/mol. The number of amides is 1. The number of carboxylic acids is 2. The Labute approximate surface area is 364 Å². The minimum atomic E-state index is -1.14. The van der Waals surface area contributed by atoms with Crippen LogP contribution in [0, 0.1) is 17.8 Å². The molecule has 324 valence electrons. The summed E-state index contributed by atoms with van der Waals surface area (Å²) in [4.78, 5) is 42.8. The van der Waals surface area contributed by atoms with Crippen LogP contribution in [0.3, 0.4) is 0 Å². The number of carbonyl (C=O) groups excluding carboxylic acids is 1. The summed E-state index contributed by atoms with van der Waals surface area (Å²) in [5.74, 6) is 0.184. The van der Waals surface area contributed by atoms with E-state index < -0.39 is 23.5 Å². The lowest BCUT2D eigenvalue weighted by Crippen LogP contribution is -2.53. The Bertz CT molecular complexity index is 2170. The molecule has 10 nitrogen and oxygen atoms in total. The fourth-order valence-corrected chi connectivity index (χ4v) is 10.4. The van der Waals surface area contributed by atoms with E-state index in [1.165, 1.54) is 16.7 Å². The van der Waals surface area contributed by atoms with Crippen LogP contribution < -0.4 is 20.1 Å². The molecule has 1 saturated carbocycles. The van der Waals surface area contributed by atoms with Gasteiger partial charge in [0.25, 0.3) is 0 Å². The van der Waals surface area contributed by atoms with Gasteiger partial charge in [0.1, 0.15) is 23.1 Å². The number of nitrogens with one attached hydrogen (secondary N) is 2. The quantitative estimate of drug-likeness (QED) is 0.0769. The zero-order chi connectivity index (χ0) is 43.1. The number of fused-ring (bicyclic) bond motifs is 3. The van der Waals surface area contributed by atoms with Crippen LogP contribution in [0.4, 0.5) is 5.69 Å². The van der Waals surface area contributed by atoms with Gasteiger partial charge in [-0.1, -0.05) is 74.8 Å². The highest BCUT2D eigenvalue weighted by molar-refractivity contribution is 6.30. The van der Waals surface area contributed by atoms with E-state index in [4.69, 9.17) is 21.1 Å². The first kappa shape index (κ1) is 44.0. The fraction of sp³-hybridized carbons (Fsp3) is 0.480. The van der Waals surface area contributed by atoms with Gasteiger partial charge >= 0.3 is 11.9 Å². The molecule has 3 aromatic carbocycles. The maximum absolute atomic E-state index is 13.1. The topological polar surface area (TPSA) is 147 Å². The molecule has 11 heteroatoms. The van der Waals surface area contributed by atoms with Crippen LogP contribution in [-0.2, 0) is 39.1 Å². The van der Waals surface area contributed by atoms with Crippen LogP contribution in [0.25, 0.3) is 0 Å². The Morgan fingerprint density at radius 3 is 2.43 bits per heavy atom. The number of aryl methyl sites for hydroxylation is 2. The molecule has 3 aliphatic rings. The van der Waals surface area contributed by atoms with Gasteiger partial charge < -0.3 is 30.3 Å². The van der Waals surface area contributed by atoms with Gasteiger partial charge in [0, 0.05) is 34.6 Å². The number of pyridine rings is 1. The third kappa shape index (κ3) is 10.3. The molecule has 1 spiro atoms. The first-order valence-electron chi connectivity index (χ1n) is 22.0. The van der Waals surface area contributed by atoms with Crippen molar-refractivity contribution in [3.8, 4) is 11.5 Å². The molecule has 4 N–H and O–H groups in total. The number of rotatable bonds is 18. The minimum Gasteiger partial charge on any atom is -0.493 e. The zero-order valence-electron chi connectivity index (χ0n) is 35.6. The van der Waals surface area contributed by atoms with Crippen molar-refractivity contribution in [2.75, 3.05) is 18.5 Å². The first-order chi connectivity index (χ1) is 29.3. The first-order valence-corrected chi connectivity index (χ1v) is 22.4. The number of halogens is 1. The van der Waals surface area contributed by atoms with Crippen molar-refractivity contribution in [3.63, 3.8) is 0 Å². The average molecular weight is 850 g/mol. The molecule has 0 saturated heterocycles. The minimum absolute atomic E-state index is 0.129. The summed E-state index contributed by atoms with van der Waals surface area (Å²) in [7, 11) is 0. The molecule has 1 fully saturated rings. The molecule has 61 heavy (non-hydrogen) atoms. The number of anilines is 1. The van der Waals surface area contributed by atoms with Crippen molar-refractivity contribution in [3.05, 3.63) is 118 Å². The standard InChI is InChI=1S/C50H60ClN3O7/c1-32(31-61-44-19-24-52-42-14-7-9-34(3)46(42)44)25-37-27-36-16-17-40(60-30-33(2)26-45(55)53-43(47(56)57)18-15-35-10-5-4-6-11-35)29-41(36)49(37)20-22-50(23-21-49,48(58)59)54-39-13-8-12-38(51)28-39/h4-6,8,10-13,16-17,19,24,28-29,32-34,37,43,54H,7,9,14-15,18,20-23,25-27,30-31H2,1-3H3,(H,53,55)(H,56,57)(H,58,59)/t32-,33?,34-,37+,43-,49?,50?/m1/s1. The third-order valence-corrected chi connectivity index (χ3v) is 13.8. The summed E-state index contributed by atoms with van der Waals surface area (Å²) < 4.78 is 13.0. The van der Waals surface area contributed by atoms with Gasteiger partial charge in [-0.2, -0.15) is 0 Å². The van der Waals surface area contributed by atoms with Crippen LogP contribution in [0.5, 0.6) is 11.5 Å². The van der Waals surface area contributed by atoms with Gasteiger partial charge in [0.15, 0.2) is 0 Å². The number of hydrogen-bond donors (Lipinski definition) is 4. The molecule has 1 heterocycles. The highest BCUT2D eigenvalue weighted by Crippen LogP contribution is 2.57. The number of benzene rings is 3. The van der Waals surface area contributed by atoms with E-state index >= 15 is 0 Å². The summed E-state index contributed by atoms with van der Waals surface area (Å²) in [6.07, 6.45) is 10.2. The number of aromatic nitrogens is 1. The normalized spacial score (nSPS) is 23.2. The maximum atomic E-state index is 13.1. The van der Waals surface area contributed by atoms with E-state index in [0.717, 1.165) is 49.1 Å². The molecule has 0 radical (unpaired) electrons. The Kier molecular flexibility index (Phi) is 13.9. The predicted octanol–water partition coefficient (Wildman–Crippen LogP) is 9.81. The van der Waals surface area contributed by atoms with Crippen LogP contribution in [0.15, 0.2) is 85.1 Å². The van der Waals surface area contributed by atoms with Crippen molar-refractivity contribution < 1.29 is 34.1 Å². The molecular weight excluding hydrogens is 790 g/mol. The number of carbonyl (C=O) groups is 3. The summed E-state index contributed by atoms with van der Waals surface area (Å²) in [6, 6.07) is 24.2. The second-order valence-electron chi connectivity index (χ2n) is 18.1. The molecule has 1 amide bonds. The van der Waals surface area contributed by atoms with Crippen LogP contribution in [0.1, 0.15) is 112 Å². The number of hydrogen-bond acceptors (Lipinski definition) is 7. The van der Waals surface area contributed by atoms with Crippen LogP contribution >= 0.6 is 11.6 Å². The van der Waals surface area contributed by atoms with E-state index in [0.29, 0.717) is 67.5 Å². The molecule has 1 aromatic heterocycles. The summed E-state index contributed by atoms with van der Waals surface area (Å²) >= 11 is 6.31. The molecule has 5 atom stereocenters. The van der Waals surface area contributed by atoms with Crippen molar-refractivity contribution in [1.82, 2.24) is 10.3 Å². The molecule has 7 rings (SSSR count).